The van der Waals surface area contributed by atoms with Gasteiger partial charge in [-0.2, -0.15) is 0 Å². The second-order valence-corrected chi connectivity index (χ2v) is 5.95. The van der Waals surface area contributed by atoms with Gasteiger partial charge in [0, 0.05) is 9.75 Å². The fraction of sp³-hybridized carbons (Fsp3) is 0.636. The van der Waals surface area contributed by atoms with E-state index >= 15 is 0 Å². The molecular formula is C11H18S. The summed E-state index contributed by atoms with van der Waals surface area (Å²) in [4.78, 5) is 2.96. The molecule has 0 saturated carbocycles. The van der Waals surface area contributed by atoms with Crippen LogP contribution in [0, 0.1) is 12.3 Å². The molecule has 0 saturated heterocycles. The van der Waals surface area contributed by atoms with E-state index in [1.807, 2.05) is 11.3 Å². The third kappa shape index (κ3) is 3.40. The quantitative estimate of drug-likeness (QED) is 0.647. The van der Waals surface area contributed by atoms with Gasteiger partial charge in [-0.05, 0) is 37.3 Å². The van der Waals surface area contributed by atoms with Crippen LogP contribution in [-0.4, -0.2) is 0 Å². The van der Waals surface area contributed by atoms with E-state index in [0.717, 1.165) is 0 Å². The lowest BCUT2D eigenvalue weighted by Crippen LogP contribution is -2.05. The molecule has 1 aromatic rings. The maximum Gasteiger partial charge on any atom is 0.00482 e. The highest BCUT2D eigenvalue weighted by Crippen LogP contribution is 2.24. The molecule has 0 aliphatic rings. The molecular weight excluding hydrogens is 164 g/mol. The summed E-state index contributed by atoms with van der Waals surface area (Å²) in [5.74, 6) is 0. The lowest BCUT2D eigenvalue weighted by atomic mass is 9.90. The Balaban J connectivity index is 2.44. The second kappa shape index (κ2) is 3.61. The van der Waals surface area contributed by atoms with Gasteiger partial charge in [0.05, 0.1) is 0 Å². The van der Waals surface area contributed by atoms with Crippen molar-refractivity contribution in [3.63, 3.8) is 0 Å². The molecule has 68 valence electrons. The minimum Gasteiger partial charge on any atom is -0.146 e. The monoisotopic (exact) mass is 182 g/mol. The number of hydrogen-bond donors (Lipinski definition) is 0. The van der Waals surface area contributed by atoms with Crippen LogP contribution in [0.4, 0.5) is 0 Å². The SMILES string of the molecule is Cc1ccc(CCC(C)(C)C)s1. The van der Waals surface area contributed by atoms with Crippen LogP contribution >= 0.6 is 11.3 Å². The maximum absolute atomic E-state index is 2.30. The van der Waals surface area contributed by atoms with Crippen molar-refractivity contribution in [2.24, 2.45) is 5.41 Å². The number of rotatable bonds is 2. The predicted octanol–water partition coefficient (Wildman–Crippen LogP) is 4.04. The lowest BCUT2D eigenvalue weighted by Gasteiger charge is -2.16. The molecule has 0 aromatic carbocycles. The molecule has 0 spiro atoms. The molecule has 1 aromatic heterocycles. The fourth-order valence-electron chi connectivity index (χ4n) is 1.12. The van der Waals surface area contributed by atoms with Crippen molar-refractivity contribution in [2.45, 2.75) is 40.5 Å². The van der Waals surface area contributed by atoms with E-state index in [1.165, 1.54) is 22.6 Å². The number of aryl methyl sites for hydroxylation is 2. The zero-order chi connectivity index (χ0) is 9.19. The summed E-state index contributed by atoms with van der Waals surface area (Å²) in [6.45, 7) is 9.07. The Morgan fingerprint density at radius 1 is 1.25 bits per heavy atom. The maximum atomic E-state index is 2.30. The summed E-state index contributed by atoms with van der Waals surface area (Å²) in [6, 6.07) is 4.47. The largest absolute Gasteiger partial charge is 0.146 e. The number of hydrogen-bond acceptors (Lipinski definition) is 1. The van der Waals surface area contributed by atoms with Crippen LogP contribution < -0.4 is 0 Å². The molecule has 1 heteroatoms. The zero-order valence-electron chi connectivity index (χ0n) is 8.48. The van der Waals surface area contributed by atoms with E-state index in [4.69, 9.17) is 0 Å². The minimum absolute atomic E-state index is 0.470. The van der Waals surface area contributed by atoms with Crippen LogP contribution in [0.25, 0.3) is 0 Å². The van der Waals surface area contributed by atoms with E-state index in [-0.39, 0.29) is 0 Å². The van der Waals surface area contributed by atoms with Crippen LogP contribution in [0.1, 0.15) is 36.9 Å². The summed E-state index contributed by atoms with van der Waals surface area (Å²) in [7, 11) is 0. The normalized spacial score (nSPS) is 12.0. The highest BCUT2D eigenvalue weighted by Gasteiger charge is 2.10. The van der Waals surface area contributed by atoms with Crippen molar-refractivity contribution in [3.8, 4) is 0 Å². The first-order valence-corrected chi connectivity index (χ1v) is 5.34. The van der Waals surface area contributed by atoms with E-state index in [1.54, 1.807) is 0 Å². The lowest BCUT2D eigenvalue weighted by molar-refractivity contribution is 0.379. The van der Waals surface area contributed by atoms with Gasteiger partial charge in [0.15, 0.2) is 0 Å². The molecule has 0 amide bonds. The smallest absolute Gasteiger partial charge is 0.00482 e. The summed E-state index contributed by atoms with van der Waals surface area (Å²) in [5.41, 5.74) is 0.470. The summed E-state index contributed by atoms with van der Waals surface area (Å²) in [6.07, 6.45) is 2.52. The van der Waals surface area contributed by atoms with Gasteiger partial charge in [-0.25, -0.2) is 0 Å². The molecule has 1 heterocycles. The van der Waals surface area contributed by atoms with Crippen molar-refractivity contribution in [3.05, 3.63) is 21.9 Å². The van der Waals surface area contributed by atoms with E-state index in [0.29, 0.717) is 5.41 Å². The topological polar surface area (TPSA) is 0 Å². The Hall–Kier alpha value is -0.300. The minimum atomic E-state index is 0.470. The van der Waals surface area contributed by atoms with Crippen molar-refractivity contribution in [2.75, 3.05) is 0 Å². The highest BCUT2D eigenvalue weighted by atomic mass is 32.1. The fourth-order valence-corrected chi connectivity index (χ4v) is 2.01. The van der Waals surface area contributed by atoms with Crippen LogP contribution in [0.2, 0.25) is 0 Å². The van der Waals surface area contributed by atoms with E-state index < -0.39 is 0 Å². The molecule has 0 N–H and O–H groups in total. The van der Waals surface area contributed by atoms with Gasteiger partial charge in [-0.3, -0.25) is 0 Å². The summed E-state index contributed by atoms with van der Waals surface area (Å²) >= 11 is 1.93. The predicted molar refractivity (Wildman–Crippen MR) is 56.8 cm³/mol. The van der Waals surface area contributed by atoms with Gasteiger partial charge in [-0.15, -0.1) is 11.3 Å². The van der Waals surface area contributed by atoms with E-state index in [2.05, 4.69) is 39.8 Å². The van der Waals surface area contributed by atoms with Crippen molar-refractivity contribution in [1.82, 2.24) is 0 Å². The molecule has 0 unspecified atom stereocenters. The standard InChI is InChI=1S/C11H18S/c1-9-5-6-10(12-9)7-8-11(2,3)4/h5-6H,7-8H2,1-4H3. The van der Waals surface area contributed by atoms with Crippen molar-refractivity contribution < 1.29 is 0 Å². The van der Waals surface area contributed by atoms with Gasteiger partial charge in [0.1, 0.15) is 0 Å². The second-order valence-electron chi connectivity index (χ2n) is 4.57. The van der Waals surface area contributed by atoms with Crippen LogP contribution in [0.5, 0.6) is 0 Å². The van der Waals surface area contributed by atoms with Crippen molar-refractivity contribution >= 4 is 11.3 Å². The van der Waals surface area contributed by atoms with Crippen LogP contribution in [0.3, 0.4) is 0 Å². The Kier molecular flexibility index (Phi) is 2.94. The average molecular weight is 182 g/mol. The molecule has 0 fully saturated rings. The van der Waals surface area contributed by atoms with Crippen LogP contribution in [-0.2, 0) is 6.42 Å². The van der Waals surface area contributed by atoms with E-state index in [9.17, 15) is 0 Å². The zero-order valence-corrected chi connectivity index (χ0v) is 9.29. The Morgan fingerprint density at radius 2 is 1.92 bits per heavy atom. The summed E-state index contributed by atoms with van der Waals surface area (Å²) in [5, 5.41) is 0. The highest BCUT2D eigenvalue weighted by molar-refractivity contribution is 7.11. The first-order valence-electron chi connectivity index (χ1n) is 4.53. The Morgan fingerprint density at radius 3 is 2.33 bits per heavy atom. The van der Waals surface area contributed by atoms with Crippen LogP contribution in [0.15, 0.2) is 12.1 Å². The third-order valence-corrected chi connectivity index (χ3v) is 2.98. The molecule has 0 nitrogen and oxygen atoms in total. The van der Waals surface area contributed by atoms with Gasteiger partial charge >= 0.3 is 0 Å². The van der Waals surface area contributed by atoms with Gasteiger partial charge in [0.25, 0.3) is 0 Å². The average Bonchev–Trinajstić information content (AvgIpc) is 2.30. The third-order valence-electron chi connectivity index (χ3n) is 1.92. The molecule has 1 rings (SSSR count). The molecule has 12 heavy (non-hydrogen) atoms. The first kappa shape index (κ1) is 9.79. The Bertz CT molecular complexity index is 240. The van der Waals surface area contributed by atoms with Gasteiger partial charge in [0.2, 0.25) is 0 Å². The van der Waals surface area contributed by atoms with Crippen molar-refractivity contribution in [1.29, 1.82) is 0 Å². The Labute approximate surface area is 79.6 Å². The van der Waals surface area contributed by atoms with Gasteiger partial charge in [-0.1, -0.05) is 20.8 Å². The molecule has 0 aliphatic carbocycles. The van der Waals surface area contributed by atoms with Gasteiger partial charge < -0.3 is 0 Å². The molecule has 0 atom stereocenters. The molecule has 0 bridgehead atoms. The summed E-state index contributed by atoms with van der Waals surface area (Å²) < 4.78 is 0. The molecule has 0 radical (unpaired) electrons. The molecule has 0 aliphatic heterocycles. The number of thiophene rings is 1. The first-order chi connectivity index (χ1) is 5.47.